The van der Waals surface area contributed by atoms with Crippen LogP contribution in [0.5, 0.6) is 0 Å². The number of nitrogens with one attached hydrogen (secondary N) is 3. The van der Waals surface area contributed by atoms with Crippen LogP contribution in [-0.4, -0.2) is 31.6 Å². The van der Waals surface area contributed by atoms with Crippen molar-refractivity contribution >= 4 is 68.0 Å². The highest BCUT2D eigenvalue weighted by Gasteiger charge is 2.14. The number of carbonyl (C=O) groups is 2. The maximum atomic E-state index is 12.6. The molecule has 0 bridgehead atoms. The lowest BCUT2D eigenvalue weighted by Crippen LogP contribution is -2.19. The number of fused-ring (bicyclic) bond motifs is 1. The molecular weight excluding hydrogens is 444 g/mol. The van der Waals surface area contributed by atoms with Gasteiger partial charge in [0.2, 0.25) is 11.8 Å². The quantitative estimate of drug-likeness (QED) is 0.383. The van der Waals surface area contributed by atoms with Gasteiger partial charge in [-0.05, 0) is 54.7 Å². The molecule has 2 aromatic heterocycles. The number of aromatic amines is 1. The highest BCUT2D eigenvalue weighted by Crippen LogP contribution is 2.28. The van der Waals surface area contributed by atoms with E-state index in [1.165, 1.54) is 18.3 Å². The van der Waals surface area contributed by atoms with Crippen LogP contribution in [0.25, 0.3) is 21.6 Å². The highest BCUT2D eigenvalue weighted by atomic mass is 35.5. The first-order chi connectivity index (χ1) is 14.4. The second-order valence-electron chi connectivity index (χ2n) is 6.38. The molecular formula is C19H15ClN6O2S2. The van der Waals surface area contributed by atoms with Crippen LogP contribution in [0.4, 0.5) is 10.8 Å². The number of carbonyl (C=O) groups excluding carboxylic acids is 2. The molecule has 2 heterocycles. The Morgan fingerprint density at radius 3 is 2.70 bits per heavy atom. The summed E-state index contributed by atoms with van der Waals surface area (Å²) in [7, 11) is 0. The van der Waals surface area contributed by atoms with E-state index in [0.717, 1.165) is 15.8 Å². The van der Waals surface area contributed by atoms with Gasteiger partial charge < -0.3 is 10.6 Å². The molecule has 0 radical (unpaired) electrons. The molecule has 2 aromatic carbocycles. The predicted octanol–water partition coefficient (Wildman–Crippen LogP) is 4.47. The zero-order valence-corrected chi connectivity index (χ0v) is 18.0. The van der Waals surface area contributed by atoms with E-state index in [2.05, 4.69) is 25.8 Å². The third-order valence-corrected chi connectivity index (χ3v) is 5.61. The molecule has 8 nitrogen and oxygen atoms in total. The number of thiazole rings is 1. The lowest BCUT2D eigenvalue weighted by atomic mass is 10.2. The van der Waals surface area contributed by atoms with E-state index in [9.17, 15) is 9.59 Å². The lowest BCUT2D eigenvalue weighted by molar-refractivity contribution is -0.117. The van der Waals surface area contributed by atoms with Crippen LogP contribution in [0, 0.1) is 4.77 Å². The Labute approximate surface area is 184 Å². The second kappa shape index (κ2) is 8.34. The highest BCUT2D eigenvalue weighted by molar-refractivity contribution is 7.71. The van der Waals surface area contributed by atoms with Gasteiger partial charge in [0.1, 0.15) is 6.54 Å². The van der Waals surface area contributed by atoms with Gasteiger partial charge in [0.25, 0.3) is 0 Å². The Morgan fingerprint density at radius 1 is 1.20 bits per heavy atom. The molecule has 4 aromatic rings. The number of aromatic nitrogens is 4. The van der Waals surface area contributed by atoms with Crippen molar-refractivity contribution in [2.24, 2.45) is 0 Å². The van der Waals surface area contributed by atoms with Gasteiger partial charge in [-0.2, -0.15) is 5.10 Å². The molecule has 0 aliphatic rings. The fraction of sp³-hybridized carbons (Fsp3) is 0.105. The van der Waals surface area contributed by atoms with Crippen LogP contribution in [0.3, 0.4) is 0 Å². The van der Waals surface area contributed by atoms with Crippen LogP contribution in [0.15, 0.2) is 42.5 Å². The Hall–Kier alpha value is -3.08. The van der Waals surface area contributed by atoms with E-state index in [4.69, 9.17) is 23.8 Å². The Morgan fingerprint density at radius 2 is 1.97 bits per heavy atom. The van der Waals surface area contributed by atoms with Crippen molar-refractivity contribution in [3.63, 3.8) is 0 Å². The summed E-state index contributed by atoms with van der Waals surface area (Å²) in [5.41, 5.74) is 2.19. The van der Waals surface area contributed by atoms with Crippen LogP contribution in [-0.2, 0) is 16.1 Å². The van der Waals surface area contributed by atoms with Crippen molar-refractivity contribution in [1.29, 1.82) is 0 Å². The van der Waals surface area contributed by atoms with Crippen LogP contribution in [0.1, 0.15) is 6.92 Å². The van der Waals surface area contributed by atoms with Crippen molar-refractivity contribution in [3.8, 4) is 11.4 Å². The topological polar surface area (TPSA) is 105 Å². The molecule has 152 valence electrons. The standard InChI is InChI=1S/C19H15ClN6O2S2/c1-10(27)21-13-6-7-14-15(8-13)30-18(22-14)23-16(28)9-26-17(24-25-19(26)29)11-2-4-12(20)5-3-11/h2-8H,9H2,1H3,(H,21,27)(H,25,29)(H,22,23,28). The molecule has 2 amide bonds. The Balaban J connectivity index is 1.53. The van der Waals surface area contributed by atoms with Gasteiger partial charge >= 0.3 is 0 Å². The number of H-pyrrole nitrogens is 1. The predicted molar refractivity (Wildman–Crippen MR) is 120 cm³/mol. The SMILES string of the molecule is CC(=O)Nc1ccc2nc(NC(=O)Cn3c(-c4ccc(Cl)cc4)n[nH]c3=S)sc2c1. The average Bonchev–Trinajstić information content (AvgIpc) is 3.25. The molecule has 0 aliphatic heterocycles. The minimum absolute atomic E-state index is 0.0274. The maximum absolute atomic E-state index is 12.6. The second-order valence-corrected chi connectivity index (χ2v) is 8.23. The zero-order chi connectivity index (χ0) is 21.3. The summed E-state index contributed by atoms with van der Waals surface area (Å²) in [6, 6.07) is 12.5. The number of anilines is 2. The molecule has 0 fully saturated rings. The van der Waals surface area contributed by atoms with E-state index >= 15 is 0 Å². The number of hydrogen-bond acceptors (Lipinski definition) is 6. The first-order valence-electron chi connectivity index (χ1n) is 8.78. The van der Waals surface area contributed by atoms with Crippen LogP contribution < -0.4 is 10.6 Å². The van der Waals surface area contributed by atoms with Gasteiger partial charge in [-0.25, -0.2) is 4.98 Å². The maximum Gasteiger partial charge on any atom is 0.246 e. The minimum Gasteiger partial charge on any atom is -0.326 e. The zero-order valence-electron chi connectivity index (χ0n) is 15.6. The van der Waals surface area contributed by atoms with Crippen molar-refractivity contribution in [3.05, 3.63) is 52.3 Å². The lowest BCUT2D eigenvalue weighted by Gasteiger charge is -2.06. The summed E-state index contributed by atoms with van der Waals surface area (Å²) in [5, 5.41) is 13.5. The molecule has 0 unspecified atom stereocenters. The summed E-state index contributed by atoms with van der Waals surface area (Å²) in [6.07, 6.45) is 0. The number of nitrogens with zero attached hydrogens (tertiary/aromatic N) is 3. The Bertz CT molecular complexity index is 1310. The van der Waals surface area contributed by atoms with E-state index in [0.29, 0.717) is 26.4 Å². The number of hydrogen-bond donors (Lipinski definition) is 3. The minimum atomic E-state index is -0.288. The number of benzene rings is 2. The summed E-state index contributed by atoms with van der Waals surface area (Å²) in [5.74, 6) is 0.0978. The Kier molecular flexibility index (Phi) is 5.62. The van der Waals surface area contributed by atoms with Crippen molar-refractivity contribution in [1.82, 2.24) is 19.7 Å². The van der Waals surface area contributed by atoms with Gasteiger partial charge in [0.15, 0.2) is 15.7 Å². The molecule has 0 spiro atoms. The van der Waals surface area contributed by atoms with E-state index < -0.39 is 0 Å². The molecule has 4 rings (SSSR count). The van der Waals surface area contributed by atoms with Crippen LogP contribution >= 0.6 is 35.2 Å². The fourth-order valence-corrected chi connectivity index (χ4v) is 4.09. The third kappa shape index (κ3) is 4.40. The van der Waals surface area contributed by atoms with Gasteiger partial charge in [-0.3, -0.25) is 19.3 Å². The van der Waals surface area contributed by atoms with Crippen molar-refractivity contribution in [2.75, 3.05) is 10.6 Å². The van der Waals surface area contributed by atoms with Gasteiger partial charge in [-0.15, -0.1) is 0 Å². The van der Waals surface area contributed by atoms with E-state index in [-0.39, 0.29) is 18.4 Å². The molecule has 0 atom stereocenters. The summed E-state index contributed by atoms with van der Waals surface area (Å²) >= 11 is 12.5. The third-order valence-electron chi connectivity index (χ3n) is 4.12. The van der Waals surface area contributed by atoms with Gasteiger partial charge in [0, 0.05) is 23.2 Å². The van der Waals surface area contributed by atoms with E-state index in [1.807, 2.05) is 18.2 Å². The van der Waals surface area contributed by atoms with E-state index in [1.54, 1.807) is 28.8 Å². The van der Waals surface area contributed by atoms with Gasteiger partial charge in [-0.1, -0.05) is 22.9 Å². The number of amides is 2. The largest absolute Gasteiger partial charge is 0.326 e. The molecule has 3 N–H and O–H groups in total. The summed E-state index contributed by atoms with van der Waals surface area (Å²) in [6.45, 7) is 1.42. The first-order valence-corrected chi connectivity index (χ1v) is 10.4. The average molecular weight is 459 g/mol. The molecule has 0 saturated heterocycles. The molecule has 30 heavy (non-hydrogen) atoms. The monoisotopic (exact) mass is 458 g/mol. The molecule has 0 saturated carbocycles. The summed E-state index contributed by atoms with van der Waals surface area (Å²) < 4.78 is 2.79. The molecule has 11 heteroatoms. The van der Waals surface area contributed by atoms with Crippen LogP contribution in [0.2, 0.25) is 5.02 Å². The normalized spacial score (nSPS) is 10.9. The number of halogens is 1. The first kappa shape index (κ1) is 20.2. The molecule has 0 aliphatic carbocycles. The summed E-state index contributed by atoms with van der Waals surface area (Å²) in [4.78, 5) is 28.3. The van der Waals surface area contributed by atoms with Gasteiger partial charge in [0.05, 0.1) is 10.2 Å². The fourth-order valence-electron chi connectivity index (χ4n) is 2.85. The number of rotatable bonds is 5. The van der Waals surface area contributed by atoms with Crippen molar-refractivity contribution in [2.45, 2.75) is 13.5 Å². The smallest absolute Gasteiger partial charge is 0.246 e. The van der Waals surface area contributed by atoms with Crippen molar-refractivity contribution < 1.29 is 9.59 Å².